The number of hydrogen-bond donors (Lipinski definition) is 2. The molecule has 0 spiro atoms. The van der Waals surface area contributed by atoms with Crippen molar-refractivity contribution in [2.24, 2.45) is 9.98 Å². The molecular formula is C39H52CoN2O7. The average molecular weight is 720 g/mol. The first-order valence-electron chi connectivity index (χ1n) is 16.5. The molecule has 9 nitrogen and oxygen atoms in total. The quantitative estimate of drug-likeness (QED) is 0.180. The van der Waals surface area contributed by atoms with Gasteiger partial charge < -0.3 is 34.8 Å². The Morgan fingerprint density at radius 3 is 1.47 bits per heavy atom. The van der Waals surface area contributed by atoms with E-state index in [0.717, 1.165) is 63.5 Å². The molecule has 3 aromatic rings. The molecular weight excluding hydrogens is 667 g/mol. The maximum absolute atomic E-state index is 11.0. The molecule has 0 bridgehead atoms. The fourth-order valence-corrected chi connectivity index (χ4v) is 4.74. The standard InChI is InChI=1S/C35H46N2O3.2C2H4O2.Co/c1-8-10-12-25-16-27(34(38)30(18-25)23(3)4)21-36-32-15-14-29(40-7)20-33(32)37-22-28-17-26(13-11-9-2)19-31(24(5)6)35(28)39;2*1-2(3)4;/h14-24,38-39H,8-13H2,1-7H3;2*1H3,(H,3,4);/q;;;+2/p-2. The van der Waals surface area contributed by atoms with E-state index in [9.17, 15) is 10.2 Å². The Kier molecular flexibility index (Phi) is 21.3. The Balaban J connectivity index is 0.00000230. The van der Waals surface area contributed by atoms with Gasteiger partial charge in [-0.05, 0) is 97.9 Å². The van der Waals surface area contributed by atoms with E-state index in [-0.39, 0.29) is 40.1 Å². The Bertz CT molecular complexity index is 1530. The van der Waals surface area contributed by atoms with Crippen LogP contribution in [0.5, 0.6) is 17.2 Å². The Hall–Kier alpha value is -4.15. The van der Waals surface area contributed by atoms with E-state index in [4.69, 9.17) is 34.5 Å². The predicted molar refractivity (Wildman–Crippen MR) is 190 cm³/mol. The van der Waals surface area contributed by atoms with Crippen LogP contribution in [0.4, 0.5) is 11.4 Å². The van der Waals surface area contributed by atoms with Crippen molar-refractivity contribution in [3.63, 3.8) is 0 Å². The summed E-state index contributed by atoms with van der Waals surface area (Å²) in [6, 6.07) is 13.8. The zero-order valence-electron chi connectivity index (χ0n) is 30.3. The van der Waals surface area contributed by atoms with E-state index in [2.05, 4.69) is 53.7 Å². The Morgan fingerprint density at radius 1 is 0.735 bits per heavy atom. The van der Waals surface area contributed by atoms with Gasteiger partial charge in [0.25, 0.3) is 0 Å². The van der Waals surface area contributed by atoms with Crippen LogP contribution in [0, 0.1) is 0 Å². The molecule has 269 valence electrons. The van der Waals surface area contributed by atoms with Gasteiger partial charge in [0.05, 0.1) is 18.5 Å². The molecule has 0 aliphatic carbocycles. The van der Waals surface area contributed by atoms with Crippen LogP contribution in [-0.2, 0) is 39.2 Å². The van der Waals surface area contributed by atoms with Gasteiger partial charge in [0, 0.05) is 41.6 Å². The van der Waals surface area contributed by atoms with Crippen molar-refractivity contribution in [1.29, 1.82) is 0 Å². The molecule has 0 atom stereocenters. The summed E-state index contributed by atoms with van der Waals surface area (Å²) >= 11 is 0. The number of carboxylic acid groups (broad SMARTS) is 2. The average Bonchev–Trinajstić information content (AvgIpc) is 3.01. The van der Waals surface area contributed by atoms with Crippen molar-refractivity contribution < 1.29 is 51.5 Å². The van der Waals surface area contributed by atoms with Crippen molar-refractivity contribution in [3.8, 4) is 17.2 Å². The topological polar surface area (TPSA) is 155 Å². The molecule has 3 rings (SSSR count). The van der Waals surface area contributed by atoms with Crippen LogP contribution in [0.3, 0.4) is 0 Å². The second-order valence-electron chi connectivity index (χ2n) is 12.1. The number of aliphatic carboxylic acids is 2. The fraction of sp³-hybridized carbons (Fsp3) is 0.436. The van der Waals surface area contributed by atoms with Gasteiger partial charge in [0.1, 0.15) is 17.2 Å². The molecule has 0 saturated carbocycles. The van der Waals surface area contributed by atoms with Gasteiger partial charge in [-0.1, -0.05) is 66.5 Å². The van der Waals surface area contributed by atoms with Gasteiger partial charge in [-0.3, -0.25) is 9.98 Å². The normalized spacial score (nSPS) is 10.8. The number of rotatable bonds is 13. The molecule has 0 heterocycles. The minimum absolute atomic E-state index is 0. The van der Waals surface area contributed by atoms with Crippen molar-refractivity contribution in [2.75, 3.05) is 7.11 Å². The second kappa shape index (κ2) is 23.2. The SMILES string of the molecule is CC(=O)[O-].CC(=O)[O-].CCCCc1cc(C=Nc2ccc(OC)cc2N=Cc2cc(CCCC)cc(C(C)C)c2O)c(O)c(C(C)C)c1.[Co+2]. The first-order chi connectivity index (χ1) is 22.6. The van der Waals surface area contributed by atoms with Crippen LogP contribution >= 0.6 is 0 Å². The van der Waals surface area contributed by atoms with Crippen LogP contribution < -0.4 is 14.9 Å². The number of benzene rings is 3. The number of carbonyl (C=O) groups is 2. The third-order valence-corrected chi connectivity index (χ3v) is 7.21. The van der Waals surface area contributed by atoms with E-state index in [0.29, 0.717) is 28.3 Å². The molecule has 3 aromatic carbocycles. The molecule has 2 N–H and O–H groups in total. The smallest absolute Gasteiger partial charge is 0.550 e. The van der Waals surface area contributed by atoms with Gasteiger partial charge in [-0.2, -0.15) is 0 Å². The summed E-state index contributed by atoms with van der Waals surface area (Å²) in [5, 5.41) is 39.8. The molecule has 0 amide bonds. The number of unbranched alkanes of at least 4 members (excludes halogenated alkanes) is 2. The summed E-state index contributed by atoms with van der Waals surface area (Å²) in [5.41, 5.74) is 6.92. The van der Waals surface area contributed by atoms with Crippen LogP contribution in [0.25, 0.3) is 0 Å². The van der Waals surface area contributed by atoms with Gasteiger partial charge in [0.2, 0.25) is 0 Å². The molecule has 1 radical (unpaired) electrons. The number of carboxylic acids is 2. The first kappa shape index (κ1) is 44.8. The van der Waals surface area contributed by atoms with Gasteiger partial charge in [-0.15, -0.1) is 0 Å². The largest absolute Gasteiger partial charge is 2.00 e. The number of hydrogen-bond acceptors (Lipinski definition) is 9. The molecule has 49 heavy (non-hydrogen) atoms. The minimum atomic E-state index is -1.08. The van der Waals surface area contributed by atoms with E-state index < -0.39 is 11.9 Å². The molecule has 0 aromatic heterocycles. The van der Waals surface area contributed by atoms with Crippen molar-refractivity contribution >= 4 is 35.7 Å². The number of aromatic hydroxyl groups is 2. The maximum atomic E-state index is 11.0. The first-order valence-corrected chi connectivity index (χ1v) is 16.5. The van der Waals surface area contributed by atoms with Crippen molar-refractivity contribution in [1.82, 2.24) is 0 Å². The summed E-state index contributed by atoms with van der Waals surface area (Å²) in [6.45, 7) is 14.7. The molecule has 0 fully saturated rings. The molecule has 0 aliphatic heterocycles. The second-order valence-corrected chi connectivity index (χ2v) is 12.1. The number of nitrogens with zero attached hydrogens (tertiary/aromatic N) is 2. The molecule has 10 heteroatoms. The number of ether oxygens (including phenoxy) is 1. The zero-order valence-corrected chi connectivity index (χ0v) is 31.3. The number of aliphatic imine (C=N–C) groups is 2. The molecule has 0 unspecified atom stereocenters. The van der Waals surface area contributed by atoms with Gasteiger partial charge in [-0.25, -0.2) is 0 Å². The summed E-state index contributed by atoms with van der Waals surface area (Å²) in [6.07, 6.45) is 9.79. The van der Waals surface area contributed by atoms with Crippen LogP contribution in [0.15, 0.2) is 52.4 Å². The number of phenolic OH excluding ortho intramolecular Hbond substituents is 2. The van der Waals surface area contributed by atoms with Crippen LogP contribution in [-0.4, -0.2) is 41.7 Å². The molecule has 0 saturated heterocycles. The van der Waals surface area contributed by atoms with Gasteiger partial charge >= 0.3 is 16.8 Å². The van der Waals surface area contributed by atoms with E-state index in [1.165, 1.54) is 11.1 Å². The van der Waals surface area contributed by atoms with Crippen molar-refractivity contribution in [3.05, 3.63) is 75.8 Å². The van der Waals surface area contributed by atoms with Crippen molar-refractivity contribution in [2.45, 2.75) is 106 Å². The predicted octanol–water partition coefficient (Wildman–Crippen LogP) is 7.05. The zero-order chi connectivity index (χ0) is 36.4. The third kappa shape index (κ3) is 16.2. The third-order valence-electron chi connectivity index (χ3n) is 7.21. The number of carbonyl (C=O) groups excluding carboxylic acids is 2. The van der Waals surface area contributed by atoms with Crippen LogP contribution in [0.2, 0.25) is 0 Å². The van der Waals surface area contributed by atoms with E-state index in [1.807, 2.05) is 30.3 Å². The van der Waals surface area contributed by atoms with E-state index >= 15 is 0 Å². The van der Waals surface area contributed by atoms with Gasteiger partial charge in [0.15, 0.2) is 0 Å². The Morgan fingerprint density at radius 2 is 1.12 bits per heavy atom. The van der Waals surface area contributed by atoms with E-state index in [1.54, 1.807) is 19.5 Å². The number of methoxy groups -OCH3 is 1. The van der Waals surface area contributed by atoms with Crippen LogP contribution in [0.1, 0.15) is 126 Å². The fourth-order valence-electron chi connectivity index (χ4n) is 4.74. The number of aryl methyl sites for hydroxylation is 2. The summed E-state index contributed by atoms with van der Waals surface area (Å²) in [7, 11) is 1.62. The molecule has 0 aliphatic rings. The maximum Gasteiger partial charge on any atom is 2.00 e. The Labute approximate surface area is 302 Å². The monoisotopic (exact) mass is 719 g/mol. The minimum Gasteiger partial charge on any atom is -0.550 e. The summed E-state index contributed by atoms with van der Waals surface area (Å²) in [4.78, 5) is 27.3. The summed E-state index contributed by atoms with van der Waals surface area (Å²) in [5.74, 6) is -0.565. The summed E-state index contributed by atoms with van der Waals surface area (Å²) < 4.78 is 5.46. The number of phenols is 2.